The Bertz CT molecular complexity index is 490. The second-order valence-electron chi connectivity index (χ2n) is 4.82. The van der Waals surface area contributed by atoms with Gasteiger partial charge in [-0.05, 0) is 19.1 Å². The number of nitrogens with zero attached hydrogens (tertiary/aromatic N) is 1. The first-order valence-electron chi connectivity index (χ1n) is 6.48. The van der Waals surface area contributed by atoms with Crippen LogP contribution in [-0.2, 0) is 4.74 Å². The lowest BCUT2D eigenvalue weighted by Gasteiger charge is -2.36. The average molecular weight is 281 g/mol. The van der Waals surface area contributed by atoms with E-state index in [9.17, 15) is 15.0 Å². The number of carbonyl (C=O) groups excluding carboxylic acids is 1. The predicted octanol–water partition coefficient (Wildman–Crippen LogP) is 0.623. The lowest BCUT2D eigenvalue weighted by molar-refractivity contribution is -0.0859. The summed E-state index contributed by atoms with van der Waals surface area (Å²) in [4.78, 5) is 14.0. The summed E-state index contributed by atoms with van der Waals surface area (Å²) in [6, 6.07) is 4.79. The Kier molecular flexibility index (Phi) is 4.46. The molecule has 2 unspecified atom stereocenters. The zero-order chi connectivity index (χ0) is 14.7. The molecule has 0 saturated carbocycles. The fourth-order valence-electron chi connectivity index (χ4n) is 2.34. The summed E-state index contributed by atoms with van der Waals surface area (Å²) in [5.74, 6) is -0.203. The number of aliphatic hydroxyl groups excluding tert-OH is 1. The van der Waals surface area contributed by atoms with E-state index < -0.39 is 6.10 Å². The maximum Gasteiger partial charge on any atom is 0.257 e. The Morgan fingerprint density at radius 2 is 2.25 bits per heavy atom. The SMILES string of the molecule is COc1cccc(C(=O)N2CC(C)OC(CO)C2)c1O. The third-order valence-corrected chi connectivity index (χ3v) is 3.27. The monoisotopic (exact) mass is 281 g/mol. The second kappa shape index (κ2) is 6.11. The van der Waals surface area contributed by atoms with Crippen LogP contribution < -0.4 is 4.74 Å². The van der Waals surface area contributed by atoms with Crippen LogP contribution in [0.5, 0.6) is 11.5 Å². The maximum atomic E-state index is 12.5. The third-order valence-electron chi connectivity index (χ3n) is 3.27. The number of phenols is 1. The van der Waals surface area contributed by atoms with Gasteiger partial charge in [0, 0.05) is 13.1 Å². The van der Waals surface area contributed by atoms with Crippen molar-refractivity contribution in [3.8, 4) is 11.5 Å². The summed E-state index contributed by atoms with van der Waals surface area (Å²) >= 11 is 0. The molecule has 110 valence electrons. The molecule has 6 heteroatoms. The molecule has 0 bridgehead atoms. The van der Waals surface area contributed by atoms with E-state index in [2.05, 4.69) is 0 Å². The van der Waals surface area contributed by atoms with Crippen LogP contribution in [0.15, 0.2) is 18.2 Å². The van der Waals surface area contributed by atoms with Crippen molar-refractivity contribution >= 4 is 5.91 Å². The zero-order valence-corrected chi connectivity index (χ0v) is 11.6. The van der Waals surface area contributed by atoms with Crippen LogP contribution in [0.1, 0.15) is 17.3 Å². The minimum atomic E-state index is -0.393. The first-order valence-corrected chi connectivity index (χ1v) is 6.48. The van der Waals surface area contributed by atoms with Crippen LogP contribution in [0.3, 0.4) is 0 Å². The molecule has 0 aromatic heterocycles. The summed E-state index contributed by atoms with van der Waals surface area (Å²) in [5.41, 5.74) is 0.190. The predicted molar refractivity (Wildman–Crippen MR) is 72.0 cm³/mol. The number of rotatable bonds is 3. The van der Waals surface area contributed by atoms with Gasteiger partial charge in [-0.15, -0.1) is 0 Å². The first-order chi connectivity index (χ1) is 9.56. The van der Waals surface area contributed by atoms with Gasteiger partial charge in [-0.2, -0.15) is 0 Å². The summed E-state index contributed by atoms with van der Waals surface area (Å²) in [5, 5.41) is 19.2. The van der Waals surface area contributed by atoms with Gasteiger partial charge in [-0.25, -0.2) is 0 Å². The molecule has 1 aromatic rings. The molecular weight excluding hydrogens is 262 g/mol. The van der Waals surface area contributed by atoms with Gasteiger partial charge < -0.3 is 24.6 Å². The molecule has 1 amide bonds. The number of ether oxygens (including phenoxy) is 2. The van der Waals surface area contributed by atoms with Gasteiger partial charge in [0.1, 0.15) is 0 Å². The van der Waals surface area contributed by atoms with E-state index in [1.807, 2.05) is 6.92 Å². The van der Waals surface area contributed by atoms with Crippen molar-refractivity contribution in [2.75, 3.05) is 26.8 Å². The molecule has 1 fully saturated rings. The van der Waals surface area contributed by atoms with Crippen molar-refractivity contribution in [1.82, 2.24) is 4.90 Å². The molecule has 0 spiro atoms. The fourth-order valence-corrected chi connectivity index (χ4v) is 2.34. The Labute approximate surface area is 117 Å². The van der Waals surface area contributed by atoms with E-state index in [4.69, 9.17) is 9.47 Å². The molecule has 1 aliphatic heterocycles. The van der Waals surface area contributed by atoms with E-state index >= 15 is 0 Å². The highest BCUT2D eigenvalue weighted by Gasteiger charge is 2.30. The van der Waals surface area contributed by atoms with Gasteiger partial charge in [-0.1, -0.05) is 6.07 Å². The number of hydrogen-bond donors (Lipinski definition) is 2. The number of morpholine rings is 1. The Morgan fingerprint density at radius 1 is 1.50 bits per heavy atom. The molecular formula is C14H19NO5. The van der Waals surface area contributed by atoms with E-state index in [0.29, 0.717) is 13.1 Å². The van der Waals surface area contributed by atoms with Gasteiger partial charge in [0.05, 0.1) is 31.5 Å². The van der Waals surface area contributed by atoms with Crippen LogP contribution in [-0.4, -0.2) is 60.0 Å². The fraction of sp³-hybridized carbons (Fsp3) is 0.500. The van der Waals surface area contributed by atoms with E-state index in [1.54, 1.807) is 23.1 Å². The molecule has 0 radical (unpaired) electrons. The molecule has 2 rings (SSSR count). The highest BCUT2D eigenvalue weighted by atomic mass is 16.5. The lowest BCUT2D eigenvalue weighted by Crippen LogP contribution is -2.50. The third kappa shape index (κ3) is 2.86. The normalized spacial score (nSPS) is 22.6. The number of carbonyl (C=O) groups is 1. The van der Waals surface area contributed by atoms with Crippen LogP contribution >= 0.6 is 0 Å². The van der Waals surface area contributed by atoms with Crippen LogP contribution in [0.25, 0.3) is 0 Å². The number of benzene rings is 1. The molecule has 2 N–H and O–H groups in total. The molecule has 1 aromatic carbocycles. The highest BCUT2D eigenvalue weighted by molar-refractivity contribution is 5.97. The van der Waals surface area contributed by atoms with Gasteiger partial charge in [0.2, 0.25) is 0 Å². The zero-order valence-electron chi connectivity index (χ0n) is 11.6. The molecule has 1 saturated heterocycles. The van der Waals surface area contributed by atoms with Gasteiger partial charge >= 0.3 is 0 Å². The van der Waals surface area contributed by atoms with Crippen LogP contribution in [0.2, 0.25) is 0 Å². The van der Waals surface area contributed by atoms with Crippen molar-refractivity contribution in [3.05, 3.63) is 23.8 Å². The number of para-hydroxylation sites is 1. The molecule has 1 aliphatic rings. The number of hydrogen-bond acceptors (Lipinski definition) is 5. The maximum absolute atomic E-state index is 12.5. The minimum absolute atomic E-state index is 0.141. The summed E-state index contributed by atoms with van der Waals surface area (Å²) < 4.78 is 10.5. The number of amides is 1. The molecule has 1 heterocycles. The standard InChI is InChI=1S/C14H19NO5/c1-9-6-15(7-10(8-16)20-9)14(18)11-4-3-5-12(19-2)13(11)17/h3-5,9-10,16-17H,6-8H2,1-2H3. The van der Waals surface area contributed by atoms with Crippen LogP contribution in [0, 0.1) is 0 Å². The van der Waals surface area contributed by atoms with Gasteiger partial charge in [0.15, 0.2) is 11.5 Å². The number of aromatic hydroxyl groups is 1. The number of methoxy groups -OCH3 is 1. The van der Waals surface area contributed by atoms with Crippen molar-refractivity contribution in [1.29, 1.82) is 0 Å². The summed E-state index contributed by atoms with van der Waals surface area (Å²) in [6.07, 6.45) is -0.548. The largest absolute Gasteiger partial charge is 0.504 e. The Balaban J connectivity index is 2.22. The minimum Gasteiger partial charge on any atom is -0.504 e. The quantitative estimate of drug-likeness (QED) is 0.849. The van der Waals surface area contributed by atoms with Crippen molar-refractivity contribution in [2.24, 2.45) is 0 Å². The Morgan fingerprint density at radius 3 is 2.90 bits per heavy atom. The first kappa shape index (κ1) is 14.6. The highest BCUT2D eigenvalue weighted by Crippen LogP contribution is 2.30. The Hall–Kier alpha value is -1.79. The van der Waals surface area contributed by atoms with Gasteiger partial charge in [-0.3, -0.25) is 4.79 Å². The lowest BCUT2D eigenvalue weighted by atomic mass is 10.1. The van der Waals surface area contributed by atoms with Crippen molar-refractivity contribution in [2.45, 2.75) is 19.1 Å². The number of phenolic OH excluding ortho intramolecular Hbond substituents is 1. The van der Waals surface area contributed by atoms with E-state index in [-0.39, 0.29) is 35.7 Å². The van der Waals surface area contributed by atoms with Crippen LogP contribution in [0.4, 0.5) is 0 Å². The van der Waals surface area contributed by atoms with Crippen molar-refractivity contribution < 1.29 is 24.5 Å². The molecule has 20 heavy (non-hydrogen) atoms. The molecule has 0 aliphatic carbocycles. The summed E-state index contributed by atoms with van der Waals surface area (Å²) in [6.45, 7) is 2.42. The van der Waals surface area contributed by atoms with E-state index in [0.717, 1.165) is 0 Å². The molecule has 6 nitrogen and oxygen atoms in total. The summed E-state index contributed by atoms with van der Waals surface area (Å²) in [7, 11) is 1.43. The second-order valence-corrected chi connectivity index (χ2v) is 4.82. The smallest absolute Gasteiger partial charge is 0.257 e. The average Bonchev–Trinajstić information content (AvgIpc) is 2.46. The van der Waals surface area contributed by atoms with E-state index in [1.165, 1.54) is 7.11 Å². The number of aliphatic hydroxyl groups is 1. The molecule has 2 atom stereocenters. The van der Waals surface area contributed by atoms with Gasteiger partial charge in [0.25, 0.3) is 5.91 Å². The topological polar surface area (TPSA) is 79.2 Å². The van der Waals surface area contributed by atoms with Crippen molar-refractivity contribution in [3.63, 3.8) is 0 Å².